The van der Waals surface area contributed by atoms with Gasteiger partial charge in [0.15, 0.2) is 11.5 Å². The van der Waals surface area contributed by atoms with Crippen LogP contribution in [-0.2, 0) is 9.53 Å². The molecule has 0 amide bonds. The van der Waals surface area contributed by atoms with E-state index in [1.165, 1.54) is 7.11 Å². The molecular formula is C13H18O4. The van der Waals surface area contributed by atoms with E-state index in [2.05, 4.69) is 0 Å². The minimum absolute atomic E-state index is 0.245. The van der Waals surface area contributed by atoms with Crippen LogP contribution in [0.4, 0.5) is 0 Å². The van der Waals surface area contributed by atoms with E-state index in [-0.39, 0.29) is 11.9 Å². The molecule has 1 unspecified atom stereocenters. The lowest BCUT2D eigenvalue weighted by molar-refractivity contribution is -0.146. The third kappa shape index (κ3) is 3.66. The maximum atomic E-state index is 11.4. The van der Waals surface area contributed by atoms with Gasteiger partial charge in [0.25, 0.3) is 0 Å². The Morgan fingerprint density at radius 3 is 2.41 bits per heavy atom. The first kappa shape index (κ1) is 13.4. The summed E-state index contributed by atoms with van der Waals surface area (Å²) in [4.78, 5) is 11.4. The maximum Gasteiger partial charge on any atom is 0.312 e. The van der Waals surface area contributed by atoms with E-state index >= 15 is 0 Å². The number of ether oxygens (including phenoxy) is 3. The van der Waals surface area contributed by atoms with Gasteiger partial charge in [-0.05, 0) is 18.6 Å². The van der Waals surface area contributed by atoms with Gasteiger partial charge >= 0.3 is 5.97 Å². The second kappa shape index (κ2) is 6.78. The van der Waals surface area contributed by atoms with Gasteiger partial charge in [-0.25, -0.2) is 0 Å². The van der Waals surface area contributed by atoms with E-state index < -0.39 is 0 Å². The molecule has 0 bridgehead atoms. The molecule has 1 aromatic carbocycles. The van der Waals surface area contributed by atoms with Crippen molar-refractivity contribution in [3.05, 3.63) is 24.3 Å². The average Bonchev–Trinajstić information content (AvgIpc) is 2.39. The molecule has 0 radical (unpaired) electrons. The van der Waals surface area contributed by atoms with E-state index in [1.54, 1.807) is 7.11 Å². The highest BCUT2D eigenvalue weighted by molar-refractivity contribution is 5.72. The summed E-state index contributed by atoms with van der Waals surface area (Å²) in [6, 6.07) is 7.34. The van der Waals surface area contributed by atoms with Gasteiger partial charge in [-0.1, -0.05) is 19.1 Å². The summed E-state index contributed by atoms with van der Waals surface area (Å²) >= 11 is 0. The molecule has 0 aliphatic heterocycles. The van der Waals surface area contributed by atoms with Crippen LogP contribution < -0.4 is 9.47 Å². The Balaban J connectivity index is 2.62. The zero-order valence-corrected chi connectivity index (χ0v) is 10.4. The Morgan fingerprint density at radius 2 is 1.88 bits per heavy atom. The first-order valence-corrected chi connectivity index (χ1v) is 5.56. The third-order valence-corrected chi connectivity index (χ3v) is 2.54. The molecule has 0 heterocycles. The van der Waals surface area contributed by atoms with Crippen molar-refractivity contribution in [1.29, 1.82) is 0 Å². The van der Waals surface area contributed by atoms with E-state index in [4.69, 9.17) is 14.2 Å². The summed E-state index contributed by atoms with van der Waals surface area (Å²) < 4.78 is 15.4. The molecule has 1 aromatic rings. The number of rotatable bonds is 6. The first-order chi connectivity index (χ1) is 8.22. The Morgan fingerprint density at radius 1 is 1.24 bits per heavy atom. The lowest BCUT2D eigenvalue weighted by Crippen LogP contribution is -2.22. The fourth-order valence-corrected chi connectivity index (χ4v) is 1.45. The molecule has 0 saturated carbocycles. The quantitative estimate of drug-likeness (QED) is 0.713. The van der Waals surface area contributed by atoms with Gasteiger partial charge in [0.05, 0.1) is 20.1 Å². The van der Waals surface area contributed by atoms with E-state index in [0.29, 0.717) is 24.5 Å². The van der Waals surface area contributed by atoms with Crippen LogP contribution >= 0.6 is 0 Å². The Bertz CT molecular complexity index is 362. The van der Waals surface area contributed by atoms with E-state index in [9.17, 15) is 4.79 Å². The molecule has 17 heavy (non-hydrogen) atoms. The monoisotopic (exact) mass is 238 g/mol. The van der Waals surface area contributed by atoms with Gasteiger partial charge in [0.1, 0.15) is 6.61 Å². The highest BCUT2D eigenvalue weighted by Crippen LogP contribution is 2.26. The predicted octanol–water partition coefficient (Wildman–Crippen LogP) is 2.27. The van der Waals surface area contributed by atoms with Crippen LogP contribution in [0.5, 0.6) is 11.5 Å². The topological polar surface area (TPSA) is 44.8 Å². The maximum absolute atomic E-state index is 11.4. The fourth-order valence-electron chi connectivity index (χ4n) is 1.45. The smallest absolute Gasteiger partial charge is 0.312 e. The summed E-state index contributed by atoms with van der Waals surface area (Å²) in [5, 5.41) is 0. The zero-order chi connectivity index (χ0) is 12.7. The molecular weight excluding hydrogens is 220 g/mol. The normalized spacial score (nSPS) is 11.7. The number of para-hydroxylation sites is 2. The lowest BCUT2D eigenvalue weighted by atomic mass is 10.1. The largest absolute Gasteiger partial charge is 0.493 e. The lowest BCUT2D eigenvalue weighted by Gasteiger charge is -2.15. The molecule has 0 aliphatic carbocycles. The van der Waals surface area contributed by atoms with Crippen LogP contribution in [0.2, 0.25) is 0 Å². The third-order valence-electron chi connectivity index (χ3n) is 2.54. The molecule has 0 fully saturated rings. The van der Waals surface area contributed by atoms with Crippen LogP contribution in [0.15, 0.2) is 24.3 Å². The number of esters is 1. The van der Waals surface area contributed by atoms with Gasteiger partial charge in [0, 0.05) is 0 Å². The van der Waals surface area contributed by atoms with Crippen molar-refractivity contribution in [2.45, 2.75) is 13.3 Å². The van der Waals surface area contributed by atoms with Crippen molar-refractivity contribution >= 4 is 5.97 Å². The summed E-state index contributed by atoms with van der Waals surface area (Å²) in [5.41, 5.74) is 0. The predicted molar refractivity (Wildman–Crippen MR) is 64.3 cm³/mol. The van der Waals surface area contributed by atoms with Crippen LogP contribution in [0.1, 0.15) is 13.3 Å². The molecule has 94 valence electrons. The van der Waals surface area contributed by atoms with Crippen LogP contribution in [0, 0.1) is 5.92 Å². The second-order valence-corrected chi connectivity index (χ2v) is 3.59. The van der Waals surface area contributed by atoms with Crippen LogP contribution in [-0.4, -0.2) is 26.8 Å². The number of hydrogen-bond donors (Lipinski definition) is 0. The van der Waals surface area contributed by atoms with Gasteiger partial charge in [-0.15, -0.1) is 0 Å². The van der Waals surface area contributed by atoms with Gasteiger partial charge in [-0.3, -0.25) is 4.79 Å². The molecule has 0 N–H and O–H groups in total. The van der Waals surface area contributed by atoms with Gasteiger partial charge in [0.2, 0.25) is 0 Å². The van der Waals surface area contributed by atoms with E-state index in [0.717, 1.165) is 0 Å². The zero-order valence-electron chi connectivity index (χ0n) is 10.4. The highest BCUT2D eigenvalue weighted by atomic mass is 16.5. The molecule has 0 aliphatic rings. The van der Waals surface area contributed by atoms with Crippen molar-refractivity contribution in [3.8, 4) is 11.5 Å². The van der Waals surface area contributed by atoms with Crippen molar-refractivity contribution in [1.82, 2.24) is 0 Å². The van der Waals surface area contributed by atoms with Gasteiger partial charge in [-0.2, -0.15) is 0 Å². The molecule has 4 nitrogen and oxygen atoms in total. The van der Waals surface area contributed by atoms with Crippen molar-refractivity contribution in [3.63, 3.8) is 0 Å². The first-order valence-electron chi connectivity index (χ1n) is 5.56. The fraction of sp³-hybridized carbons (Fsp3) is 0.462. The number of benzene rings is 1. The van der Waals surface area contributed by atoms with Crippen molar-refractivity contribution in [2.24, 2.45) is 5.92 Å². The number of carbonyl (C=O) groups is 1. The van der Waals surface area contributed by atoms with Gasteiger partial charge < -0.3 is 14.2 Å². The summed E-state index contributed by atoms with van der Waals surface area (Å²) in [7, 11) is 2.97. The van der Waals surface area contributed by atoms with E-state index in [1.807, 2.05) is 31.2 Å². The molecule has 1 rings (SSSR count). The minimum atomic E-state index is -0.248. The Hall–Kier alpha value is -1.71. The summed E-state index contributed by atoms with van der Waals surface area (Å²) in [6.45, 7) is 2.22. The molecule has 4 heteroatoms. The molecule has 0 saturated heterocycles. The van der Waals surface area contributed by atoms with Crippen LogP contribution in [0.3, 0.4) is 0 Å². The Kier molecular flexibility index (Phi) is 5.33. The molecule has 1 atom stereocenters. The van der Waals surface area contributed by atoms with Crippen LogP contribution in [0.25, 0.3) is 0 Å². The SMILES string of the molecule is CCC(COc1ccccc1OC)C(=O)OC. The number of carbonyl (C=O) groups excluding carboxylic acids is 1. The number of methoxy groups -OCH3 is 2. The average molecular weight is 238 g/mol. The minimum Gasteiger partial charge on any atom is -0.493 e. The second-order valence-electron chi connectivity index (χ2n) is 3.59. The van der Waals surface area contributed by atoms with Crippen molar-refractivity contribution in [2.75, 3.05) is 20.8 Å². The summed E-state index contributed by atoms with van der Waals surface area (Å²) in [6.07, 6.45) is 0.682. The standard InChI is InChI=1S/C13H18O4/c1-4-10(13(14)16-3)9-17-12-8-6-5-7-11(12)15-2/h5-8,10H,4,9H2,1-3H3. The molecule has 0 spiro atoms. The highest BCUT2D eigenvalue weighted by Gasteiger charge is 2.18. The number of hydrogen-bond acceptors (Lipinski definition) is 4. The molecule has 0 aromatic heterocycles. The van der Waals surface area contributed by atoms with Crippen molar-refractivity contribution < 1.29 is 19.0 Å². The summed E-state index contributed by atoms with van der Waals surface area (Å²) in [5.74, 6) is 0.803. The Labute approximate surface area is 101 Å².